The lowest BCUT2D eigenvalue weighted by Crippen LogP contribution is -2.17. The van der Waals surface area contributed by atoms with Gasteiger partial charge >= 0.3 is 0 Å². The molecule has 0 aromatic heterocycles. The first-order chi connectivity index (χ1) is 9.56. The SMILES string of the molecule is O=C(N/N=C/c1ccc(O)c(Br)c1)c1ccc(Br)cc1. The summed E-state index contributed by atoms with van der Waals surface area (Å²) in [5.74, 6) is -0.132. The van der Waals surface area contributed by atoms with E-state index in [0.717, 1.165) is 10.0 Å². The maximum absolute atomic E-state index is 11.8. The standard InChI is InChI=1S/C14H10Br2N2O2/c15-11-4-2-10(3-5-11)14(20)18-17-8-9-1-6-13(19)12(16)7-9/h1-8,19H,(H,18,20)/b17-8+. The molecule has 2 aromatic carbocycles. The Bertz CT molecular complexity index is 655. The second-order valence-corrected chi connectivity index (χ2v) is 5.69. The second kappa shape index (κ2) is 6.67. The Hall–Kier alpha value is -1.66. The van der Waals surface area contributed by atoms with Crippen LogP contribution in [0.3, 0.4) is 0 Å². The lowest BCUT2D eigenvalue weighted by molar-refractivity contribution is 0.0955. The molecule has 0 saturated heterocycles. The van der Waals surface area contributed by atoms with E-state index in [1.807, 2.05) is 0 Å². The molecule has 1 amide bonds. The predicted octanol–water partition coefficient (Wildman–Crippen LogP) is 3.68. The summed E-state index contributed by atoms with van der Waals surface area (Å²) >= 11 is 6.51. The zero-order valence-electron chi connectivity index (χ0n) is 10.2. The number of phenols is 1. The van der Waals surface area contributed by atoms with Gasteiger partial charge in [0.1, 0.15) is 5.75 Å². The van der Waals surface area contributed by atoms with Gasteiger partial charge in [-0.3, -0.25) is 4.79 Å². The number of nitrogens with one attached hydrogen (secondary N) is 1. The van der Waals surface area contributed by atoms with Crippen LogP contribution in [0.2, 0.25) is 0 Å². The Morgan fingerprint density at radius 1 is 1.15 bits per heavy atom. The number of carbonyl (C=O) groups is 1. The Morgan fingerprint density at radius 3 is 2.50 bits per heavy atom. The molecule has 2 N–H and O–H groups in total. The number of benzene rings is 2. The van der Waals surface area contributed by atoms with E-state index in [9.17, 15) is 9.90 Å². The molecule has 0 heterocycles. The van der Waals surface area contributed by atoms with E-state index in [0.29, 0.717) is 10.0 Å². The van der Waals surface area contributed by atoms with Crippen molar-refractivity contribution in [1.29, 1.82) is 0 Å². The van der Waals surface area contributed by atoms with Crippen molar-refractivity contribution in [3.8, 4) is 5.75 Å². The fourth-order valence-corrected chi connectivity index (χ4v) is 2.10. The van der Waals surface area contributed by atoms with Crippen LogP contribution >= 0.6 is 31.9 Å². The highest BCUT2D eigenvalue weighted by molar-refractivity contribution is 9.10. The number of halogens is 2. The lowest BCUT2D eigenvalue weighted by Gasteiger charge is -2.00. The molecule has 6 heteroatoms. The van der Waals surface area contributed by atoms with Crippen LogP contribution in [0.15, 0.2) is 56.5 Å². The third kappa shape index (κ3) is 3.91. The minimum Gasteiger partial charge on any atom is -0.507 e. The number of phenolic OH excluding ortho intramolecular Hbond substituents is 1. The van der Waals surface area contributed by atoms with Crippen molar-refractivity contribution in [1.82, 2.24) is 5.43 Å². The largest absolute Gasteiger partial charge is 0.507 e. The number of aromatic hydroxyl groups is 1. The van der Waals surface area contributed by atoms with E-state index in [1.54, 1.807) is 42.5 Å². The number of hydrogen-bond donors (Lipinski definition) is 2. The minimum absolute atomic E-state index is 0.154. The molecule has 0 unspecified atom stereocenters. The Balaban J connectivity index is 2.00. The highest BCUT2D eigenvalue weighted by Gasteiger charge is 2.03. The lowest BCUT2D eigenvalue weighted by atomic mass is 10.2. The maximum atomic E-state index is 11.8. The quantitative estimate of drug-likeness (QED) is 0.612. The van der Waals surface area contributed by atoms with E-state index in [4.69, 9.17) is 0 Å². The second-order valence-electron chi connectivity index (χ2n) is 3.92. The van der Waals surface area contributed by atoms with E-state index in [2.05, 4.69) is 42.4 Å². The van der Waals surface area contributed by atoms with Crippen molar-refractivity contribution >= 4 is 44.0 Å². The summed E-state index contributed by atoms with van der Waals surface area (Å²) in [7, 11) is 0. The summed E-state index contributed by atoms with van der Waals surface area (Å²) < 4.78 is 1.48. The minimum atomic E-state index is -0.286. The van der Waals surface area contributed by atoms with Crippen LogP contribution in [0.25, 0.3) is 0 Å². The summed E-state index contributed by atoms with van der Waals surface area (Å²) in [5.41, 5.74) is 3.72. The molecule has 0 aliphatic rings. The smallest absolute Gasteiger partial charge is 0.271 e. The normalized spacial score (nSPS) is 10.7. The molecule has 0 atom stereocenters. The van der Waals surface area contributed by atoms with E-state index in [1.165, 1.54) is 6.21 Å². The van der Waals surface area contributed by atoms with Crippen LogP contribution < -0.4 is 5.43 Å². The van der Waals surface area contributed by atoms with E-state index >= 15 is 0 Å². The summed E-state index contributed by atoms with van der Waals surface area (Å²) in [5, 5.41) is 13.2. The number of nitrogens with zero attached hydrogens (tertiary/aromatic N) is 1. The molecule has 0 spiro atoms. The van der Waals surface area contributed by atoms with Crippen molar-refractivity contribution < 1.29 is 9.90 Å². The van der Waals surface area contributed by atoms with Crippen molar-refractivity contribution in [2.75, 3.05) is 0 Å². The first-order valence-corrected chi connectivity index (χ1v) is 7.22. The molecule has 2 aromatic rings. The summed E-state index contributed by atoms with van der Waals surface area (Å²) in [6.45, 7) is 0. The van der Waals surface area contributed by atoms with Gasteiger partial charge in [-0.15, -0.1) is 0 Å². The van der Waals surface area contributed by atoms with Gasteiger partial charge < -0.3 is 5.11 Å². The van der Waals surface area contributed by atoms with Gasteiger partial charge in [-0.05, 0) is 64.0 Å². The van der Waals surface area contributed by atoms with Crippen LogP contribution in [0, 0.1) is 0 Å². The molecule has 20 heavy (non-hydrogen) atoms. The van der Waals surface area contributed by atoms with Gasteiger partial charge in [0, 0.05) is 10.0 Å². The monoisotopic (exact) mass is 396 g/mol. The molecular weight excluding hydrogens is 388 g/mol. The van der Waals surface area contributed by atoms with Crippen LogP contribution in [-0.4, -0.2) is 17.2 Å². The summed E-state index contributed by atoms with van der Waals surface area (Å²) in [6.07, 6.45) is 1.50. The fourth-order valence-electron chi connectivity index (χ4n) is 1.43. The maximum Gasteiger partial charge on any atom is 0.271 e. The zero-order chi connectivity index (χ0) is 14.5. The number of amides is 1. The first kappa shape index (κ1) is 14.7. The molecular formula is C14H10Br2N2O2. The molecule has 4 nitrogen and oxygen atoms in total. The molecule has 0 radical (unpaired) electrons. The number of hydrogen-bond acceptors (Lipinski definition) is 3. The summed E-state index contributed by atoms with van der Waals surface area (Å²) in [6, 6.07) is 11.9. The van der Waals surface area contributed by atoms with Gasteiger partial charge in [-0.2, -0.15) is 5.10 Å². The molecule has 0 aliphatic carbocycles. The van der Waals surface area contributed by atoms with Gasteiger partial charge in [0.15, 0.2) is 0 Å². The Labute approximate surface area is 132 Å². The van der Waals surface area contributed by atoms with Crippen molar-refractivity contribution in [2.45, 2.75) is 0 Å². The van der Waals surface area contributed by atoms with Crippen molar-refractivity contribution in [3.05, 3.63) is 62.5 Å². The Morgan fingerprint density at radius 2 is 1.85 bits per heavy atom. The highest BCUT2D eigenvalue weighted by atomic mass is 79.9. The highest BCUT2D eigenvalue weighted by Crippen LogP contribution is 2.23. The van der Waals surface area contributed by atoms with Crippen LogP contribution in [0.5, 0.6) is 5.75 Å². The van der Waals surface area contributed by atoms with E-state index in [-0.39, 0.29) is 11.7 Å². The van der Waals surface area contributed by atoms with Gasteiger partial charge in [-0.25, -0.2) is 5.43 Å². The van der Waals surface area contributed by atoms with Gasteiger partial charge in [0.2, 0.25) is 0 Å². The average Bonchev–Trinajstić information content (AvgIpc) is 2.43. The number of rotatable bonds is 3. The number of hydrazone groups is 1. The van der Waals surface area contributed by atoms with Crippen LogP contribution in [0.4, 0.5) is 0 Å². The molecule has 0 bridgehead atoms. The fraction of sp³-hybridized carbons (Fsp3) is 0. The van der Waals surface area contributed by atoms with Gasteiger partial charge in [0.25, 0.3) is 5.91 Å². The summed E-state index contributed by atoms with van der Waals surface area (Å²) in [4.78, 5) is 11.8. The predicted molar refractivity (Wildman–Crippen MR) is 85.0 cm³/mol. The van der Waals surface area contributed by atoms with Gasteiger partial charge in [-0.1, -0.05) is 15.9 Å². The van der Waals surface area contributed by atoms with Crippen LogP contribution in [0.1, 0.15) is 15.9 Å². The van der Waals surface area contributed by atoms with Crippen molar-refractivity contribution in [2.24, 2.45) is 5.10 Å². The molecule has 0 fully saturated rings. The molecule has 2 rings (SSSR count). The third-order valence-electron chi connectivity index (χ3n) is 2.46. The van der Waals surface area contributed by atoms with Gasteiger partial charge in [0.05, 0.1) is 10.7 Å². The Kier molecular flexibility index (Phi) is 4.92. The molecule has 102 valence electrons. The van der Waals surface area contributed by atoms with Crippen molar-refractivity contribution in [3.63, 3.8) is 0 Å². The average molecular weight is 398 g/mol. The molecule has 0 saturated carbocycles. The van der Waals surface area contributed by atoms with Crippen LogP contribution in [-0.2, 0) is 0 Å². The third-order valence-corrected chi connectivity index (χ3v) is 3.62. The topological polar surface area (TPSA) is 61.7 Å². The first-order valence-electron chi connectivity index (χ1n) is 5.64. The molecule has 0 aliphatic heterocycles. The van der Waals surface area contributed by atoms with E-state index < -0.39 is 0 Å². The zero-order valence-corrected chi connectivity index (χ0v) is 13.3. The number of carbonyl (C=O) groups excluding carboxylic acids is 1.